The van der Waals surface area contributed by atoms with E-state index in [9.17, 15) is 9.59 Å². The fourth-order valence-electron chi connectivity index (χ4n) is 4.05. The van der Waals surface area contributed by atoms with Crippen LogP contribution in [0, 0.1) is 16.7 Å². The monoisotopic (exact) mass is 378 g/mol. The third-order valence-electron chi connectivity index (χ3n) is 6.39. The molecule has 0 aromatic carbocycles. The number of nitrogens with two attached hydrogens (primary N) is 1. The third-order valence-corrected chi connectivity index (χ3v) is 7.60. The number of hydrogen-bond acceptors (Lipinski definition) is 3. The molecule has 0 aliphatic heterocycles. The van der Waals surface area contributed by atoms with E-state index in [2.05, 4.69) is 46.9 Å². The molecule has 1 aromatic heterocycles. The first-order valence-electron chi connectivity index (χ1n) is 9.84. The minimum absolute atomic E-state index is 0.00725. The number of carbonyl (C=O) groups excluding carboxylic acids is 2. The predicted molar refractivity (Wildman–Crippen MR) is 110 cm³/mol. The van der Waals surface area contributed by atoms with Crippen molar-refractivity contribution in [2.75, 3.05) is 5.32 Å². The minimum Gasteiger partial charge on any atom is -0.365 e. The fourth-order valence-corrected chi connectivity index (χ4v) is 5.35. The number of unbranched alkanes of at least 4 members (excludes halogenated alkanes) is 2. The molecule has 2 amide bonds. The van der Waals surface area contributed by atoms with Gasteiger partial charge in [-0.3, -0.25) is 9.59 Å². The SMILES string of the molecule is CCCCc1sc(NC(=O)C2C(C)(C)C2(C)C)c(C(N)=O)c1CCCC. The van der Waals surface area contributed by atoms with E-state index in [0.29, 0.717) is 10.6 Å². The van der Waals surface area contributed by atoms with Gasteiger partial charge in [-0.1, -0.05) is 54.4 Å². The smallest absolute Gasteiger partial charge is 0.251 e. The van der Waals surface area contributed by atoms with Crippen molar-refractivity contribution in [1.29, 1.82) is 0 Å². The van der Waals surface area contributed by atoms with Gasteiger partial charge in [-0.05, 0) is 42.1 Å². The highest BCUT2D eigenvalue weighted by atomic mass is 32.1. The van der Waals surface area contributed by atoms with Gasteiger partial charge in [0.15, 0.2) is 0 Å². The fraction of sp³-hybridized carbons (Fsp3) is 0.714. The predicted octanol–water partition coefficient (Wildman–Crippen LogP) is 5.15. The molecule has 0 radical (unpaired) electrons. The zero-order valence-corrected chi connectivity index (χ0v) is 17.9. The second-order valence-corrected chi connectivity index (χ2v) is 9.75. The van der Waals surface area contributed by atoms with Gasteiger partial charge in [-0.25, -0.2) is 0 Å². The summed E-state index contributed by atoms with van der Waals surface area (Å²) in [6.07, 6.45) is 6.05. The normalized spacial score (nSPS) is 17.9. The molecular formula is C21H34N2O2S. The Labute approximate surface area is 161 Å². The van der Waals surface area contributed by atoms with Crippen LogP contribution in [0.4, 0.5) is 5.00 Å². The Balaban J connectivity index is 2.33. The second kappa shape index (κ2) is 7.71. The van der Waals surface area contributed by atoms with Crippen molar-refractivity contribution < 1.29 is 9.59 Å². The highest BCUT2D eigenvalue weighted by molar-refractivity contribution is 7.17. The molecule has 1 aliphatic carbocycles. The Morgan fingerprint density at radius 3 is 2.04 bits per heavy atom. The van der Waals surface area contributed by atoms with Gasteiger partial charge >= 0.3 is 0 Å². The highest BCUT2D eigenvalue weighted by Crippen LogP contribution is 2.68. The minimum atomic E-state index is -0.431. The molecule has 0 bridgehead atoms. The van der Waals surface area contributed by atoms with Crippen molar-refractivity contribution in [2.24, 2.45) is 22.5 Å². The van der Waals surface area contributed by atoms with E-state index in [-0.39, 0.29) is 22.7 Å². The molecule has 1 aromatic rings. The molecular weight excluding hydrogens is 344 g/mol. The van der Waals surface area contributed by atoms with E-state index in [1.807, 2.05) is 0 Å². The van der Waals surface area contributed by atoms with Crippen LogP contribution in [0.2, 0.25) is 0 Å². The van der Waals surface area contributed by atoms with Gasteiger partial charge in [0.25, 0.3) is 5.91 Å². The molecule has 146 valence electrons. The lowest BCUT2D eigenvalue weighted by Gasteiger charge is -2.08. The first kappa shape index (κ1) is 20.9. The summed E-state index contributed by atoms with van der Waals surface area (Å²) >= 11 is 1.55. The maximum atomic E-state index is 12.9. The Hall–Kier alpha value is -1.36. The van der Waals surface area contributed by atoms with E-state index in [4.69, 9.17) is 5.73 Å². The summed E-state index contributed by atoms with van der Waals surface area (Å²) in [6.45, 7) is 12.8. The lowest BCUT2D eigenvalue weighted by atomic mass is 10.0. The van der Waals surface area contributed by atoms with Crippen molar-refractivity contribution >= 4 is 28.2 Å². The highest BCUT2D eigenvalue weighted by Gasteiger charge is 2.68. The molecule has 2 rings (SSSR count). The van der Waals surface area contributed by atoms with E-state index in [1.165, 1.54) is 4.88 Å². The standard InChI is InChI=1S/C21H34N2O2S/c1-7-9-11-13-14(12-10-8-2)26-19(15(13)17(22)24)23-18(25)16-20(3,4)21(16,5)6/h16H,7-12H2,1-6H3,(H2,22,24)(H,23,25). The number of hydrogen-bond donors (Lipinski definition) is 2. The van der Waals surface area contributed by atoms with Gasteiger partial charge in [0.05, 0.1) is 5.56 Å². The molecule has 26 heavy (non-hydrogen) atoms. The van der Waals surface area contributed by atoms with Gasteiger partial charge in [-0.2, -0.15) is 0 Å². The van der Waals surface area contributed by atoms with Crippen LogP contribution in [0.5, 0.6) is 0 Å². The van der Waals surface area contributed by atoms with Gasteiger partial charge in [-0.15, -0.1) is 11.3 Å². The molecule has 0 spiro atoms. The molecule has 5 heteroatoms. The second-order valence-electron chi connectivity index (χ2n) is 8.64. The number of aryl methyl sites for hydroxylation is 1. The summed E-state index contributed by atoms with van der Waals surface area (Å²) in [7, 11) is 0. The van der Waals surface area contributed by atoms with E-state index in [1.54, 1.807) is 11.3 Å². The molecule has 0 atom stereocenters. The molecule has 0 saturated heterocycles. The average molecular weight is 379 g/mol. The quantitative estimate of drug-likeness (QED) is 0.623. The molecule has 1 heterocycles. The third kappa shape index (κ3) is 3.68. The molecule has 3 N–H and O–H groups in total. The lowest BCUT2D eigenvalue weighted by Crippen LogP contribution is -2.21. The summed E-state index contributed by atoms with van der Waals surface area (Å²) in [6, 6.07) is 0. The summed E-state index contributed by atoms with van der Waals surface area (Å²) in [5.74, 6) is -0.469. The van der Waals surface area contributed by atoms with Gasteiger partial charge in [0.2, 0.25) is 5.91 Å². The van der Waals surface area contributed by atoms with Crippen LogP contribution in [0.25, 0.3) is 0 Å². The van der Waals surface area contributed by atoms with Crippen LogP contribution >= 0.6 is 11.3 Å². The number of amides is 2. The molecule has 1 fully saturated rings. The molecule has 0 unspecified atom stereocenters. The number of rotatable bonds is 9. The number of nitrogens with one attached hydrogen (secondary N) is 1. The number of primary amides is 1. The molecule has 4 nitrogen and oxygen atoms in total. The number of carbonyl (C=O) groups is 2. The summed E-state index contributed by atoms with van der Waals surface area (Å²) in [5, 5.41) is 3.71. The summed E-state index contributed by atoms with van der Waals surface area (Å²) in [4.78, 5) is 26.3. The number of thiophene rings is 1. The summed E-state index contributed by atoms with van der Waals surface area (Å²) in [5.41, 5.74) is 7.26. The Kier molecular flexibility index (Phi) is 6.21. The van der Waals surface area contributed by atoms with E-state index < -0.39 is 5.91 Å². The van der Waals surface area contributed by atoms with Crippen LogP contribution in [0.15, 0.2) is 0 Å². The van der Waals surface area contributed by atoms with Crippen molar-refractivity contribution in [3.05, 3.63) is 16.0 Å². The number of anilines is 1. The topological polar surface area (TPSA) is 72.2 Å². The van der Waals surface area contributed by atoms with Crippen molar-refractivity contribution in [3.63, 3.8) is 0 Å². The molecule has 1 aliphatic rings. The van der Waals surface area contributed by atoms with Crippen LogP contribution in [-0.4, -0.2) is 11.8 Å². The van der Waals surface area contributed by atoms with Crippen LogP contribution in [-0.2, 0) is 17.6 Å². The maximum Gasteiger partial charge on any atom is 0.251 e. The zero-order chi connectivity index (χ0) is 19.7. The van der Waals surface area contributed by atoms with Gasteiger partial charge < -0.3 is 11.1 Å². The van der Waals surface area contributed by atoms with E-state index >= 15 is 0 Å². The van der Waals surface area contributed by atoms with Crippen molar-refractivity contribution in [2.45, 2.75) is 80.1 Å². The van der Waals surface area contributed by atoms with Crippen molar-refractivity contribution in [3.8, 4) is 0 Å². The Bertz CT molecular complexity index is 674. The first-order valence-corrected chi connectivity index (χ1v) is 10.7. The van der Waals surface area contributed by atoms with Crippen LogP contribution in [0.1, 0.15) is 88.0 Å². The van der Waals surface area contributed by atoms with Crippen LogP contribution < -0.4 is 11.1 Å². The van der Waals surface area contributed by atoms with Crippen LogP contribution in [0.3, 0.4) is 0 Å². The Morgan fingerprint density at radius 2 is 1.58 bits per heavy atom. The van der Waals surface area contributed by atoms with Crippen molar-refractivity contribution in [1.82, 2.24) is 0 Å². The first-order chi connectivity index (χ1) is 12.1. The molecule has 1 saturated carbocycles. The zero-order valence-electron chi connectivity index (χ0n) is 17.1. The van der Waals surface area contributed by atoms with Gasteiger partial charge in [0.1, 0.15) is 5.00 Å². The average Bonchev–Trinajstić information content (AvgIpc) is 2.80. The maximum absolute atomic E-state index is 12.9. The van der Waals surface area contributed by atoms with Gasteiger partial charge in [0, 0.05) is 10.8 Å². The largest absolute Gasteiger partial charge is 0.365 e. The Morgan fingerprint density at radius 1 is 1.04 bits per heavy atom. The summed E-state index contributed by atoms with van der Waals surface area (Å²) < 4.78 is 0. The lowest BCUT2D eigenvalue weighted by molar-refractivity contribution is -0.118. The van der Waals surface area contributed by atoms with E-state index in [0.717, 1.165) is 44.1 Å².